The lowest BCUT2D eigenvalue weighted by Crippen LogP contribution is -2.15. The molecule has 164 valence electrons. The van der Waals surface area contributed by atoms with Crippen LogP contribution in [0.25, 0.3) is 21.7 Å². The van der Waals surface area contributed by atoms with Crippen LogP contribution >= 0.6 is 22.9 Å². The van der Waals surface area contributed by atoms with Gasteiger partial charge in [-0.2, -0.15) is 0 Å². The Morgan fingerprint density at radius 3 is 2.78 bits per heavy atom. The Morgan fingerprint density at radius 1 is 1.25 bits per heavy atom. The van der Waals surface area contributed by atoms with Crippen LogP contribution in [-0.2, 0) is 22.7 Å². The summed E-state index contributed by atoms with van der Waals surface area (Å²) in [5, 5.41) is 14.1. The van der Waals surface area contributed by atoms with Gasteiger partial charge in [0, 0.05) is 35.0 Å². The van der Waals surface area contributed by atoms with Crippen molar-refractivity contribution >= 4 is 45.7 Å². The standard InChI is InChI=1S/C21H16ClN3O6S/c22-14-5-3-13(4-6-14)20-23-15(12-32-20)11-30-19(26)2-1-9-24-17-8-7-16(25(28)29)10-18(17)31-21(24)27/h3-8,10,12H,1-2,9,11H2. The SMILES string of the molecule is O=C(CCCn1c(=O)oc2cc([N+](=O)[O-])ccc21)OCc1csc(-c2ccc(Cl)cc2)n1. The van der Waals surface area contributed by atoms with Gasteiger partial charge in [-0.05, 0) is 24.6 Å². The van der Waals surface area contributed by atoms with Crippen LogP contribution < -0.4 is 5.76 Å². The molecule has 0 aliphatic carbocycles. The average Bonchev–Trinajstić information content (AvgIpc) is 3.36. The quantitative estimate of drug-likeness (QED) is 0.205. The zero-order valence-electron chi connectivity index (χ0n) is 16.5. The number of hydrogen-bond donors (Lipinski definition) is 0. The molecule has 0 saturated heterocycles. The molecule has 0 N–H and O–H groups in total. The van der Waals surface area contributed by atoms with E-state index in [-0.39, 0.29) is 30.8 Å². The van der Waals surface area contributed by atoms with Gasteiger partial charge < -0.3 is 9.15 Å². The summed E-state index contributed by atoms with van der Waals surface area (Å²) in [6.45, 7) is 0.275. The molecule has 4 aromatic rings. The fourth-order valence-corrected chi connectivity index (χ4v) is 4.02. The summed E-state index contributed by atoms with van der Waals surface area (Å²) in [6.07, 6.45) is 0.442. The largest absolute Gasteiger partial charge is 0.459 e. The first-order valence-electron chi connectivity index (χ1n) is 9.54. The number of halogens is 1. The summed E-state index contributed by atoms with van der Waals surface area (Å²) >= 11 is 7.34. The third-order valence-electron chi connectivity index (χ3n) is 4.65. The number of nitrogens with zero attached hydrogens (tertiary/aromatic N) is 3. The van der Waals surface area contributed by atoms with E-state index in [9.17, 15) is 19.7 Å². The highest BCUT2D eigenvalue weighted by atomic mass is 35.5. The van der Waals surface area contributed by atoms with E-state index < -0.39 is 16.6 Å². The maximum Gasteiger partial charge on any atom is 0.419 e. The van der Waals surface area contributed by atoms with Crippen molar-refractivity contribution in [3.05, 3.63) is 79.2 Å². The van der Waals surface area contributed by atoms with Crippen molar-refractivity contribution in [3.8, 4) is 10.6 Å². The first kappa shape index (κ1) is 21.7. The normalized spacial score (nSPS) is 11.0. The van der Waals surface area contributed by atoms with Gasteiger partial charge in [0.1, 0.15) is 11.6 Å². The fourth-order valence-electron chi connectivity index (χ4n) is 3.09. The van der Waals surface area contributed by atoms with Gasteiger partial charge in [-0.3, -0.25) is 19.5 Å². The van der Waals surface area contributed by atoms with E-state index in [4.69, 9.17) is 20.8 Å². The zero-order chi connectivity index (χ0) is 22.7. The Bertz CT molecular complexity index is 1340. The number of carbonyl (C=O) groups is 1. The highest BCUT2D eigenvalue weighted by Gasteiger charge is 2.15. The van der Waals surface area contributed by atoms with Crippen molar-refractivity contribution < 1.29 is 18.9 Å². The van der Waals surface area contributed by atoms with Crippen LogP contribution in [0.1, 0.15) is 18.5 Å². The molecule has 2 aromatic carbocycles. The molecule has 0 unspecified atom stereocenters. The van der Waals surface area contributed by atoms with Crippen LogP contribution in [0.5, 0.6) is 0 Å². The van der Waals surface area contributed by atoms with Gasteiger partial charge in [0.15, 0.2) is 5.58 Å². The van der Waals surface area contributed by atoms with E-state index in [0.29, 0.717) is 22.7 Å². The molecular formula is C21H16ClN3O6S. The third kappa shape index (κ3) is 4.87. The molecule has 0 fully saturated rings. The van der Waals surface area contributed by atoms with Crippen LogP contribution in [0.4, 0.5) is 5.69 Å². The maximum atomic E-state index is 12.1. The lowest BCUT2D eigenvalue weighted by atomic mass is 10.2. The van der Waals surface area contributed by atoms with Crippen molar-refractivity contribution in [2.24, 2.45) is 0 Å². The average molecular weight is 474 g/mol. The molecule has 0 radical (unpaired) electrons. The minimum atomic E-state index is -0.633. The molecule has 0 amide bonds. The second kappa shape index (κ2) is 9.33. The van der Waals surface area contributed by atoms with Crippen molar-refractivity contribution in [1.82, 2.24) is 9.55 Å². The number of nitro benzene ring substituents is 1. The molecule has 0 bridgehead atoms. The number of oxazole rings is 1. The van der Waals surface area contributed by atoms with Crippen molar-refractivity contribution in [3.63, 3.8) is 0 Å². The molecule has 0 saturated carbocycles. The van der Waals surface area contributed by atoms with Crippen LogP contribution in [0.2, 0.25) is 5.02 Å². The molecule has 0 spiro atoms. The zero-order valence-corrected chi connectivity index (χ0v) is 18.1. The first-order chi connectivity index (χ1) is 15.4. The molecule has 0 atom stereocenters. The summed E-state index contributed by atoms with van der Waals surface area (Å²) < 4.78 is 11.7. The van der Waals surface area contributed by atoms with E-state index in [1.54, 1.807) is 12.1 Å². The number of esters is 1. The van der Waals surface area contributed by atoms with Crippen molar-refractivity contribution in [1.29, 1.82) is 0 Å². The number of thiazole rings is 1. The van der Waals surface area contributed by atoms with Crippen molar-refractivity contribution in [2.75, 3.05) is 0 Å². The summed E-state index contributed by atoms with van der Waals surface area (Å²) in [6, 6.07) is 11.3. The molecule has 2 aromatic heterocycles. The Hall–Kier alpha value is -3.50. The predicted octanol–water partition coefficient (Wildman–Crippen LogP) is 4.80. The maximum absolute atomic E-state index is 12.1. The Balaban J connectivity index is 1.30. The number of aryl methyl sites for hydroxylation is 1. The number of ether oxygens (including phenoxy) is 1. The molecule has 11 heteroatoms. The highest BCUT2D eigenvalue weighted by Crippen LogP contribution is 2.25. The molecule has 9 nitrogen and oxygen atoms in total. The number of benzene rings is 2. The van der Waals surface area contributed by atoms with Gasteiger partial charge in [0.05, 0.1) is 22.2 Å². The lowest BCUT2D eigenvalue weighted by molar-refractivity contribution is -0.384. The summed E-state index contributed by atoms with van der Waals surface area (Å²) in [5.74, 6) is -1.05. The van der Waals surface area contributed by atoms with Crippen LogP contribution in [0.15, 0.2) is 57.1 Å². The van der Waals surface area contributed by atoms with E-state index in [2.05, 4.69) is 4.98 Å². The van der Waals surface area contributed by atoms with E-state index in [0.717, 1.165) is 10.6 Å². The molecule has 0 aliphatic heterocycles. The topological polar surface area (TPSA) is 117 Å². The molecule has 32 heavy (non-hydrogen) atoms. The fraction of sp³-hybridized carbons (Fsp3) is 0.190. The Kier molecular flexibility index (Phi) is 6.33. The number of aromatic nitrogens is 2. The Labute approximate surface area is 190 Å². The predicted molar refractivity (Wildman–Crippen MR) is 119 cm³/mol. The third-order valence-corrected chi connectivity index (χ3v) is 5.84. The number of non-ortho nitro benzene ring substituents is 1. The van der Waals surface area contributed by atoms with E-state index >= 15 is 0 Å². The second-order valence-electron chi connectivity index (χ2n) is 6.84. The van der Waals surface area contributed by atoms with Crippen LogP contribution in [0, 0.1) is 10.1 Å². The van der Waals surface area contributed by atoms with E-state index in [1.165, 1.54) is 34.1 Å². The highest BCUT2D eigenvalue weighted by molar-refractivity contribution is 7.13. The summed E-state index contributed by atoms with van der Waals surface area (Å²) in [5.41, 5.74) is 1.98. The van der Waals surface area contributed by atoms with Crippen molar-refractivity contribution in [2.45, 2.75) is 26.0 Å². The molecule has 0 aliphatic rings. The van der Waals surface area contributed by atoms with Gasteiger partial charge in [-0.15, -0.1) is 11.3 Å². The van der Waals surface area contributed by atoms with Crippen LogP contribution in [0.3, 0.4) is 0 Å². The monoisotopic (exact) mass is 473 g/mol. The van der Waals surface area contributed by atoms with E-state index in [1.807, 2.05) is 17.5 Å². The van der Waals surface area contributed by atoms with Gasteiger partial charge in [-0.25, -0.2) is 9.78 Å². The number of carbonyl (C=O) groups excluding carboxylic acids is 1. The molecule has 2 heterocycles. The summed E-state index contributed by atoms with van der Waals surface area (Å²) in [4.78, 5) is 38.9. The second-order valence-corrected chi connectivity index (χ2v) is 8.14. The van der Waals surface area contributed by atoms with Gasteiger partial charge in [0.2, 0.25) is 0 Å². The van der Waals surface area contributed by atoms with Crippen LogP contribution in [-0.4, -0.2) is 20.4 Å². The first-order valence-corrected chi connectivity index (χ1v) is 10.8. The van der Waals surface area contributed by atoms with Gasteiger partial charge >= 0.3 is 11.7 Å². The minimum Gasteiger partial charge on any atom is -0.459 e. The number of fused-ring (bicyclic) bond motifs is 1. The van der Waals surface area contributed by atoms with Gasteiger partial charge in [0.25, 0.3) is 5.69 Å². The van der Waals surface area contributed by atoms with Gasteiger partial charge in [-0.1, -0.05) is 23.7 Å². The summed E-state index contributed by atoms with van der Waals surface area (Å²) in [7, 11) is 0. The Morgan fingerprint density at radius 2 is 2.03 bits per heavy atom. The molecule has 4 rings (SSSR count). The smallest absolute Gasteiger partial charge is 0.419 e. The lowest BCUT2D eigenvalue weighted by Gasteiger charge is -2.04. The minimum absolute atomic E-state index is 0.0567. The number of nitro groups is 1. The number of rotatable bonds is 8. The number of hydrogen-bond acceptors (Lipinski definition) is 8. The molecular weight excluding hydrogens is 458 g/mol.